The molecule has 2 aromatic rings. The van der Waals surface area contributed by atoms with Crippen LogP contribution in [0.3, 0.4) is 0 Å². The van der Waals surface area contributed by atoms with Gasteiger partial charge in [-0.15, -0.1) is 11.8 Å². The molecule has 0 aliphatic carbocycles. The van der Waals surface area contributed by atoms with Crippen LogP contribution in [0.2, 0.25) is 0 Å². The Kier molecular flexibility index (Phi) is 5.93. The van der Waals surface area contributed by atoms with Crippen molar-refractivity contribution in [3.8, 4) is 0 Å². The van der Waals surface area contributed by atoms with E-state index in [4.69, 9.17) is 0 Å². The van der Waals surface area contributed by atoms with Gasteiger partial charge in [0.1, 0.15) is 0 Å². The summed E-state index contributed by atoms with van der Waals surface area (Å²) in [5.41, 5.74) is 3.05. The average molecular weight is 405 g/mol. The molecule has 1 N–H and O–H groups in total. The first kappa shape index (κ1) is 19.9. The summed E-state index contributed by atoms with van der Waals surface area (Å²) in [6.07, 6.45) is 0.633. The molecule has 7 heteroatoms. The van der Waals surface area contributed by atoms with Crippen molar-refractivity contribution in [1.29, 1.82) is 0 Å². The minimum absolute atomic E-state index is 0.0322. The first-order valence-electron chi connectivity index (χ1n) is 8.90. The van der Waals surface area contributed by atoms with Gasteiger partial charge in [-0.3, -0.25) is 4.79 Å². The Bertz CT molecular complexity index is 940. The van der Waals surface area contributed by atoms with Crippen molar-refractivity contribution in [3.05, 3.63) is 53.6 Å². The van der Waals surface area contributed by atoms with Gasteiger partial charge in [-0.05, 0) is 37.1 Å². The van der Waals surface area contributed by atoms with Crippen LogP contribution >= 0.6 is 11.8 Å². The van der Waals surface area contributed by atoms with Gasteiger partial charge in [-0.25, -0.2) is 13.1 Å². The maximum absolute atomic E-state index is 12.7. The Morgan fingerprint density at radius 2 is 1.93 bits per heavy atom. The minimum atomic E-state index is -3.59. The molecule has 1 unspecified atom stereocenters. The number of sulfonamides is 1. The second-order valence-corrected chi connectivity index (χ2v) is 10.1. The number of nitrogens with zero attached hydrogens (tertiary/aromatic N) is 1. The molecule has 1 amide bonds. The molecule has 1 heterocycles. The van der Waals surface area contributed by atoms with Gasteiger partial charge in [0.25, 0.3) is 0 Å². The van der Waals surface area contributed by atoms with E-state index in [1.54, 1.807) is 34.9 Å². The number of hydrogen-bond donors (Lipinski definition) is 1. The molecule has 3 rings (SSSR count). The number of rotatable bonds is 5. The van der Waals surface area contributed by atoms with Gasteiger partial charge in [0, 0.05) is 30.2 Å². The van der Waals surface area contributed by atoms with Crippen LogP contribution in [0.1, 0.15) is 25.0 Å². The molecule has 0 spiro atoms. The van der Waals surface area contributed by atoms with E-state index in [-0.39, 0.29) is 16.1 Å². The standard InChI is InChI=1S/C20H24N2O3S2/c1-14-4-6-17(7-5-14)10-11-21-27(24,25)18-8-9-19-20(12-18)26-15(2)13-22(19)16(3)23/h4-9,12,15,21H,10-11,13H2,1-3H3. The first-order valence-corrected chi connectivity index (χ1v) is 11.3. The summed E-state index contributed by atoms with van der Waals surface area (Å²) in [5, 5.41) is 0.217. The highest BCUT2D eigenvalue weighted by atomic mass is 32.2. The number of anilines is 1. The van der Waals surface area contributed by atoms with Gasteiger partial charge in [0.2, 0.25) is 15.9 Å². The number of carbonyl (C=O) groups is 1. The molecule has 0 saturated carbocycles. The molecule has 0 aromatic heterocycles. The maximum atomic E-state index is 12.7. The summed E-state index contributed by atoms with van der Waals surface area (Å²) in [5.74, 6) is -0.0322. The summed E-state index contributed by atoms with van der Waals surface area (Å²) in [4.78, 5) is 14.6. The van der Waals surface area contributed by atoms with E-state index in [1.807, 2.05) is 38.1 Å². The van der Waals surface area contributed by atoms with Crippen LogP contribution in [0, 0.1) is 6.92 Å². The van der Waals surface area contributed by atoms with Crippen molar-refractivity contribution in [3.63, 3.8) is 0 Å². The highest BCUT2D eigenvalue weighted by Gasteiger charge is 2.26. The summed E-state index contributed by atoms with van der Waals surface area (Å²) in [6.45, 7) is 6.56. The van der Waals surface area contributed by atoms with E-state index < -0.39 is 10.0 Å². The van der Waals surface area contributed by atoms with Gasteiger partial charge in [-0.2, -0.15) is 0 Å². The second-order valence-electron chi connectivity index (χ2n) is 6.82. The highest BCUT2D eigenvalue weighted by molar-refractivity contribution is 8.00. The second kappa shape index (κ2) is 8.04. The van der Waals surface area contributed by atoms with Crippen LogP contribution in [0.4, 0.5) is 5.69 Å². The Morgan fingerprint density at radius 3 is 2.59 bits per heavy atom. The monoisotopic (exact) mass is 404 g/mol. The zero-order valence-electron chi connectivity index (χ0n) is 15.7. The molecule has 144 valence electrons. The Labute approximate surface area is 165 Å². The molecule has 0 bridgehead atoms. The quantitative estimate of drug-likeness (QED) is 0.830. The lowest BCUT2D eigenvalue weighted by Gasteiger charge is -2.32. The third kappa shape index (κ3) is 4.72. The Balaban J connectivity index is 1.74. The Hall–Kier alpha value is -1.83. The summed E-state index contributed by atoms with van der Waals surface area (Å²) >= 11 is 1.60. The van der Waals surface area contributed by atoms with Crippen LogP contribution in [-0.2, 0) is 21.2 Å². The number of thioether (sulfide) groups is 1. The number of carbonyl (C=O) groups excluding carboxylic acids is 1. The fraction of sp³-hybridized carbons (Fsp3) is 0.350. The lowest BCUT2D eigenvalue weighted by molar-refractivity contribution is -0.116. The predicted molar refractivity (Wildman–Crippen MR) is 110 cm³/mol. The lowest BCUT2D eigenvalue weighted by atomic mass is 10.1. The minimum Gasteiger partial charge on any atom is -0.310 e. The van der Waals surface area contributed by atoms with E-state index in [9.17, 15) is 13.2 Å². The molecule has 1 atom stereocenters. The van der Waals surface area contributed by atoms with Gasteiger partial charge in [0.15, 0.2) is 0 Å². The highest BCUT2D eigenvalue weighted by Crippen LogP contribution is 2.39. The number of hydrogen-bond acceptors (Lipinski definition) is 4. The third-order valence-corrected chi connectivity index (χ3v) is 7.10. The van der Waals surface area contributed by atoms with Crippen molar-refractivity contribution < 1.29 is 13.2 Å². The summed E-state index contributed by atoms with van der Waals surface area (Å²) in [7, 11) is -3.59. The average Bonchev–Trinajstić information content (AvgIpc) is 2.62. The third-order valence-electron chi connectivity index (χ3n) is 4.51. The lowest BCUT2D eigenvalue weighted by Crippen LogP contribution is -2.37. The normalized spacial score (nSPS) is 16.9. The number of aryl methyl sites for hydroxylation is 1. The molecule has 1 aliphatic rings. The van der Waals surface area contributed by atoms with Crippen LogP contribution in [0.15, 0.2) is 52.3 Å². The molecular weight excluding hydrogens is 380 g/mol. The van der Waals surface area contributed by atoms with E-state index in [2.05, 4.69) is 4.72 Å². The Morgan fingerprint density at radius 1 is 1.22 bits per heavy atom. The number of nitrogens with one attached hydrogen (secondary N) is 1. The van der Waals surface area contributed by atoms with E-state index in [0.717, 1.165) is 16.1 Å². The topological polar surface area (TPSA) is 66.5 Å². The van der Waals surface area contributed by atoms with E-state index in [1.165, 1.54) is 12.5 Å². The zero-order chi connectivity index (χ0) is 19.6. The van der Waals surface area contributed by atoms with E-state index >= 15 is 0 Å². The van der Waals surface area contributed by atoms with Crippen molar-refractivity contribution >= 4 is 33.4 Å². The number of benzene rings is 2. The van der Waals surface area contributed by atoms with Gasteiger partial charge < -0.3 is 4.90 Å². The zero-order valence-corrected chi connectivity index (χ0v) is 17.4. The fourth-order valence-corrected chi connectivity index (χ4v) is 5.34. The van der Waals surface area contributed by atoms with Gasteiger partial charge in [0.05, 0.1) is 10.6 Å². The van der Waals surface area contributed by atoms with Crippen LogP contribution in [0.25, 0.3) is 0 Å². The van der Waals surface area contributed by atoms with Crippen LogP contribution in [-0.4, -0.2) is 32.7 Å². The van der Waals surface area contributed by atoms with Gasteiger partial charge >= 0.3 is 0 Å². The van der Waals surface area contributed by atoms with Crippen molar-refractivity contribution in [2.24, 2.45) is 0 Å². The van der Waals surface area contributed by atoms with Crippen molar-refractivity contribution in [1.82, 2.24) is 4.72 Å². The SMILES string of the molecule is CC(=O)N1CC(C)Sc2cc(S(=O)(=O)NCCc3ccc(C)cc3)ccc21. The van der Waals surface area contributed by atoms with Crippen molar-refractivity contribution in [2.45, 2.75) is 42.2 Å². The van der Waals surface area contributed by atoms with Crippen LogP contribution < -0.4 is 9.62 Å². The molecule has 27 heavy (non-hydrogen) atoms. The number of fused-ring (bicyclic) bond motifs is 1. The molecule has 1 aliphatic heterocycles. The first-order chi connectivity index (χ1) is 12.8. The van der Waals surface area contributed by atoms with Crippen LogP contribution in [0.5, 0.6) is 0 Å². The predicted octanol–water partition coefficient (Wildman–Crippen LogP) is 3.36. The fourth-order valence-electron chi connectivity index (χ4n) is 3.05. The maximum Gasteiger partial charge on any atom is 0.240 e. The molecule has 2 aromatic carbocycles. The van der Waals surface area contributed by atoms with Gasteiger partial charge in [-0.1, -0.05) is 36.8 Å². The van der Waals surface area contributed by atoms with E-state index in [0.29, 0.717) is 19.5 Å². The molecule has 0 radical (unpaired) electrons. The summed E-state index contributed by atoms with van der Waals surface area (Å²) in [6, 6.07) is 13.0. The smallest absolute Gasteiger partial charge is 0.240 e. The van der Waals surface area contributed by atoms with Crippen molar-refractivity contribution in [2.75, 3.05) is 18.0 Å². The molecular formula is C20H24N2O3S2. The largest absolute Gasteiger partial charge is 0.310 e. The number of amides is 1. The summed E-state index contributed by atoms with van der Waals surface area (Å²) < 4.78 is 28.0. The molecule has 0 saturated heterocycles. The molecule has 5 nitrogen and oxygen atoms in total. The molecule has 0 fully saturated rings.